The van der Waals surface area contributed by atoms with E-state index >= 15 is 0 Å². The van der Waals surface area contributed by atoms with Crippen LogP contribution in [0.5, 0.6) is 0 Å². The Morgan fingerprint density at radius 3 is 2.52 bits per heavy atom. The van der Waals surface area contributed by atoms with E-state index in [0.29, 0.717) is 15.4 Å². The molecule has 0 saturated carbocycles. The monoisotopic (exact) mass is 417 g/mol. The van der Waals surface area contributed by atoms with Gasteiger partial charge in [0.05, 0.1) is 4.47 Å². The van der Waals surface area contributed by atoms with Crippen molar-refractivity contribution in [3.63, 3.8) is 0 Å². The van der Waals surface area contributed by atoms with E-state index in [1.165, 1.54) is 0 Å². The highest BCUT2D eigenvalue weighted by atomic mass is 79.9. The minimum Gasteiger partial charge on any atom is -0.444 e. The highest BCUT2D eigenvalue weighted by molar-refractivity contribution is 9.11. The first kappa shape index (κ1) is 16.0. The van der Waals surface area contributed by atoms with Crippen LogP contribution in [0.3, 0.4) is 0 Å². The Morgan fingerprint density at radius 2 is 1.90 bits per heavy atom. The van der Waals surface area contributed by atoms with Gasteiger partial charge in [0.15, 0.2) is 5.58 Å². The van der Waals surface area contributed by atoms with Crippen molar-refractivity contribution in [3.05, 3.63) is 37.6 Å². The lowest BCUT2D eigenvalue weighted by molar-refractivity contribution is 0.0635. The molecule has 21 heavy (non-hydrogen) atoms. The average molecular weight is 419 g/mol. The number of nitrogens with one attached hydrogen (secondary N) is 1. The summed E-state index contributed by atoms with van der Waals surface area (Å²) in [7, 11) is 0. The maximum atomic E-state index is 11.9. The first-order valence-electron chi connectivity index (χ1n) is 6.08. The van der Waals surface area contributed by atoms with Gasteiger partial charge in [-0.05, 0) is 54.9 Å². The summed E-state index contributed by atoms with van der Waals surface area (Å²) in [6, 6.07) is 5.09. The number of ether oxygens (including phenoxy) is 1. The molecule has 0 aliphatic carbocycles. The molecule has 0 unspecified atom stereocenters. The van der Waals surface area contributed by atoms with Gasteiger partial charge in [-0.1, -0.05) is 15.9 Å². The highest BCUT2D eigenvalue weighted by Gasteiger charge is 2.18. The molecule has 112 valence electrons. The Hall–Kier alpha value is -1.34. The summed E-state index contributed by atoms with van der Waals surface area (Å²) in [5.41, 5.74) is -0.844. The van der Waals surface area contributed by atoms with Crippen LogP contribution in [0, 0.1) is 0 Å². The second-order valence-corrected chi connectivity index (χ2v) is 7.15. The quantitative estimate of drug-likeness (QED) is 0.683. The van der Waals surface area contributed by atoms with Crippen LogP contribution in [0.15, 0.2) is 36.4 Å². The molecule has 1 aromatic heterocycles. The van der Waals surface area contributed by atoms with Crippen LogP contribution >= 0.6 is 31.9 Å². The third kappa shape index (κ3) is 4.07. The SMILES string of the molecule is CC(C)(C)OC(=O)Nc1cc2cc(Br)cc(Br)c2oc1=O. The minimum absolute atomic E-state index is 0.0294. The number of hydrogen-bond acceptors (Lipinski definition) is 4. The van der Waals surface area contributed by atoms with Gasteiger partial charge in [-0.2, -0.15) is 0 Å². The number of hydrogen-bond donors (Lipinski definition) is 1. The molecular formula is C14H13Br2NO4. The number of fused-ring (bicyclic) bond motifs is 1. The molecule has 0 aliphatic rings. The smallest absolute Gasteiger partial charge is 0.412 e. The Morgan fingerprint density at radius 1 is 1.24 bits per heavy atom. The molecule has 2 rings (SSSR count). The maximum absolute atomic E-state index is 11.9. The molecule has 2 aromatic rings. The standard InChI is InChI=1S/C14H13Br2NO4/c1-14(2,3)21-13(19)17-10-5-7-4-8(15)6-9(16)11(7)20-12(10)18/h4-6H,1-3H3,(H,17,19). The number of amides is 1. The van der Waals surface area contributed by atoms with E-state index in [9.17, 15) is 9.59 Å². The molecule has 1 aromatic carbocycles. The molecule has 5 nitrogen and oxygen atoms in total. The summed E-state index contributed by atoms with van der Waals surface area (Å²) in [5, 5.41) is 3.07. The maximum Gasteiger partial charge on any atom is 0.412 e. The minimum atomic E-state index is -0.705. The van der Waals surface area contributed by atoms with E-state index in [1.807, 2.05) is 0 Å². The van der Waals surface area contributed by atoms with Gasteiger partial charge in [0, 0.05) is 9.86 Å². The second-order valence-electron chi connectivity index (χ2n) is 5.38. The van der Waals surface area contributed by atoms with Gasteiger partial charge >= 0.3 is 11.7 Å². The summed E-state index contributed by atoms with van der Waals surface area (Å²) < 4.78 is 11.8. The number of halogens is 2. The first-order valence-corrected chi connectivity index (χ1v) is 7.67. The van der Waals surface area contributed by atoms with E-state index < -0.39 is 17.3 Å². The van der Waals surface area contributed by atoms with Gasteiger partial charge in [-0.3, -0.25) is 5.32 Å². The van der Waals surface area contributed by atoms with Gasteiger partial charge in [0.2, 0.25) is 0 Å². The summed E-state index contributed by atoms with van der Waals surface area (Å²) in [6.45, 7) is 5.22. The number of anilines is 1. The van der Waals surface area contributed by atoms with E-state index in [4.69, 9.17) is 9.15 Å². The Kier molecular flexibility index (Phi) is 4.43. The molecule has 0 fully saturated rings. The zero-order valence-corrected chi connectivity index (χ0v) is 14.8. The van der Waals surface area contributed by atoms with Crippen LogP contribution in [0.25, 0.3) is 11.0 Å². The molecule has 1 N–H and O–H groups in total. The van der Waals surface area contributed by atoms with E-state index in [1.54, 1.807) is 39.0 Å². The summed E-state index contributed by atoms with van der Waals surface area (Å²) in [5.74, 6) is 0. The first-order chi connectivity index (χ1) is 9.65. The molecule has 0 spiro atoms. The molecule has 1 amide bonds. The lowest BCUT2D eigenvalue weighted by atomic mass is 10.2. The molecule has 0 radical (unpaired) electrons. The van der Waals surface area contributed by atoms with E-state index in [2.05, 4.69) is 37.2 Å². The summed E-state index contributed by atoms with van der Waals surface area (Å²) >= 11 is 6.68. The Labute approximate surface area is 137 Å². The van der Waals surface area contributed by atoms with Gasteiger partial charge in [-0.15, -0.1) is 0 Å². The number of carbonyl (C=O) groups is 1. The van der Waals surface area contributed by atoms with E-state index in [0.717, 1.165) is 4.47 Å². The fourth-order valence-electron chi connectivity index (χ4n) is 1.66. The fraction of sp³-hybridized carbons (Fsp3) is 0.286. The average Bonchev–Trinajstić information content (AvgIpc) is 2.28. The van der Waals surface area contributed by atoms with Gasteiger partial charge in [0.1, 0.15) is 11.3 Å². The summed E-state index contributed by atoms with van der Waals surface area (Å²) in [4.78, 5) is 23.6. The van der Waals surface area contributed by atoms with Crippen LogP contribution in [-0.4, -0.2) is 11.7 Å². The van der Waals surface area contributed by atoms with Crippen molar-refractivity contribution in [3.8, 4) is 0 Å². The van der Waals surface area contributed by atoms with Crippen LogP contribution in [0.4, 0.5) is 10.5 Å². The molecule has 0 saturated heterocycles. The van der Waals surface area contributed by atoms with Gasteiger partial charge in [-0.25, -0.2) is 9.59 Å². The van der Waals surface area contributed by atoms with Gasteiger partial charge < -0.3 is 9.15 Å². The fourth-order valence-corrected chi connectivity index (χ4v) is 3.00. The Balaban J connectivity index is 2.39. The Bertz CT molecular complexity index is 762. The molecule has 0 bridgehead atoms. The number of carbonyl (C=O) groups excluding carboxylic acids is 1. The van der Waals surface area contributed by atoms with Crippen LogP contribution in [-0.2, 0) is 4.74 Å². The molecule has 7 heteroatoms. The van der Waals surface area contributed by atoms with Crippen LogP contribution in [0.1, 0.15) is 20.8 Å². The lowest BCUT2D eigenvalue weighted by Crippen LogP contribution is -2.28. The third-order valence-corrected chi connectivity index (χ3v) is 3.43. The van der Waals surface area contributed by atoms with Crippen LogP contribution < -0.4 is 10.9 Å². The van der Waals surface area contributed by atoms with Crippen molar-refractivity contribution >= 4 is 54.6 Å². The zero-order chi connectivity index (χ0) is 15.8. The van der Waals surface area contributed by atoms with Crippen molar-refractivity contribution in [2.24, 2.45) is 0 Å². The van der Waals surface area contributed by atoms with E-state index in [-0.39, 0.29) is 5.69 Å². The molecule has 1 heterocycles. The van der Waals surface area contributed by atoms with Crippen molar-refractivity contribution in [1.82, 2.24) is 0 Å². The molecule has 0 atom stereocenters. The number of rotatable bonds is 1. The van der Waals surface area contributed by atoms with Crippen molar-refractivity contribution < 1.29 is 13.9 Å². The molecular weight excluding hydrogens is 406 g/mol. The highest BCUT2D eigenvalue weighted by Crippen LogP contribution is 2.28. The largest absolute Gasteiger partial charge is 0.444 e. The van der Waals surface area contributed by atoms with Gasteiger partial charge in [0.25, 0.3) is 0 Å². The molecule has 0 aliphatic heterocycles. The zero-order valence-electron chi connectivity index (χ0n) is 11.6. The van der Waals surface area contributed by atoms with Crippen molar-refractivity contribution in [2.45, 2.75) is 26.4 Å². The van der Waals surface area contributed by atoms with Crippen molar-refractivity contribution in [2.75, 3.05) is 5.32 Å². The summed E-state index contributed by atoms with van der Waals surface area (Å²) in [6.07, 6.45) is -0.705. The van der Waals surface area contributed by atoms with Crippen molar-refractivity contribution in [1.29, 1.82) is 0 Å². The van der Waals surface area contributed by atoms with Crippen LogP contribution in [0.2, 0.25) is 0 Å². The lowest BCUT2D eigenvalue weighted by Gasteiger charge is -2.19. The second kappa shape index (κ2) is 5.81. The topological polar surface area (TPSA) is 68.5 Å². The predicted molar refractivity (Wildman–Crippen MR) is 87.7 cm³/mol. The normalized spacial score (nSPS) is 11.5. The predicted octanol–water partition coefficient (Wildman–Crippen LogP) is 4.67. The number of benzene rings is 1. The third-order valence-electron chi connectivity index (χ3n) is 2.39.